The fourth-order valence-electron chi connectivity index (χ4n) is 2.07. The highest BCUT2D eigenvalue weighted by molar-refractivity contribution is 9.10. The Labute approximate surface area is 104 Å². The molecule has 0 bridgehead atoms. The topological polar surface area (TPSA) is 29.3 Å². The smallest absolute Gasteiger partial charge is 0.124 e. The molecule has 0 unspecified atom stereocenters. The molecular weight excluding hydrogens is 271 g/mol. The second kappa shape index (κ2) is 5.25. The Hall–Kier alpha value is -0.450. The summed E-state index contributed by atoms with van der Waals surface area (Å²) in [6.45, 7) is 2.83. The van der Waals surface area contributed by atoms with Gasteiger partial charge in [-0.2, -0.15) is 0 Å². The van der Waals surface area contributed by atoms with Gasteiger partial charge in [0.05, 0.1) is 0 Å². The average Bonchev–Trinajstić information content (AvgIpc) is 2.20. The molecule has 0 radical (unpaired) electrons. The molecule has 1 aliphatic rings. The van der Waals surface area contributed by atoms with Crippen LogP contribution >= 0.6 is 15.9 Å². The summed E-state index contributed by atoms with van der Waals surface area (Å²) in [5.41, 5.74) is 6.86. The number of nitrogens with two attached hydrogens (primary N) is 1. The summed E-state index contributed by atoms with van der Waals surface area (Å²) in [7, 11) is 0. The number of hydrogen-bond donors (Lipinski definition) is 1. The SMILES string of the molecule is NC1CCN(Cc2cc(F)cc(Br)c2)CC1. The normalized spacial score (nSPS) is 18.9. The molecule has 88 valence electrons. The van der Waals surface area contributed by atoms with Crippen LogP contribution in [0.3, 0.4) is 0 Å². The molecule has 1 saturated heterocycles. The van der Waals surface area contributed by atoms with Crippen LogP contribution in [-0.2, 0) is 6.54 Å². The zero-order valence-corrected chi connectivity index (χ0v) is 10.7. The Bertz CT molecular complexity index is 342. The Morgan fingerprint density at radius 1 is 1.31 bits per heavy atom. The third-order valence-corrected chi connectivity index (χ3v) is 3.42. The van der Waals surface area contributed by atoms with Crippen molar-refractivity contribution in [3.8, 4) is 0 Å². The quantitative estimate of drug-likeness (QED) is 0.905. The molecule has 4 heteroatoms. The molecule has 16 heavy (non-hydrogen) atoms. The highest BCUT2D eigenvalue weighted by Gasteiger charge is 2.16. The predicted octanol–water partition coefficient (Wildman–Crippen LogP) is 2.51. The minimum atomic E-state index is -0.182. The highest BCUT2D eigenvalue weighted by atomic mass is 79.9. The van der Waals surface area contributed by atoms with Gasteiger partial charge in [0.15, 0.2) is 0 Å². The van der Waals surface area contributed by atoms with Crippen molar-refractivity contribution in [3.05, 3.63) is 34.1 Å². The van der Waals surface area contributed by atoms with Crippen molar-refractivity contribution in [2.45, 2.75) is 25.4 Å². The number of nitrogens with zero attached hydrogens (tertiary/aromatic N) is 1. The van der Waals surface area contributed by atoms with Crippen LogP contribution in [0.5, 0.6) is 0 Å². The molecule has 0 amide bonds. The van der Waals surface area contributed by atoms with Crippen LogP contribution in [0, 0.1) is 5.82 Å². The van der Waals surface area contributed by atoms with E-state index in [0.717, 1.165) is 42.5 Å². The van der Waals surface area contributed by atoms with Gasteiger partial charge in [-0.05, 0) is 49.7 Å². The van der Waals surface area contributed by atoms with Gasteiger partial charge in [-0.1, -0.05) is 15.9 Å². The van der Waals surface area contributed by atoms with Crippen molar-refractivity contribution < 1.29 is 4.39 Å². The predicted molar refractivity (Wildman–Crippen MR) is 66.6 cm³/mol. The summed E-state index contributed by atoms with van der Waals surface area (Å²) in [5.74, 6) is -0.182. The van der Waals surface area contributed by atoms with Crippen LogP contribution in [-0.4, -0.2) is 24.0 Å². The summed E-state index contributed by atoms with van der Waals surface area (Å²) in [6.07, 6.45) is 2.08. The van der Waals surface area contributed by atoms with Crippen molar-refractivity contribution in [2.24, 2.45) is 5.73 Å². The van der Waals surface area contributed by atoms with Gasteiger partial charge in [-0.25, -0.2) is 4.39 Å². The number of piperidine rings is 1. The van der Waals surface area contributed by atoms with Crippen molar-refractivity contribution in [2.75, 3.05) is 13.1 Å². The van der Waals surface area contributed by atoms with Gasteiger partial charge in [0.25, 0.3) is 0 Å². The van der Waals surface area contributed by atoms with Gasteiger partial charge < -0.3 is 5.73 Å². The lowest BCUT2D eigenvalue weighted by atomic mass is 10.1. The van der Waals surface area contributed by atoms with Gasteiger partial charge in [-0.15, -0.1) is 0 Å². The number of likely N-dealkylation sites (tertiary alicyclic amines) is 1. The maximum Gasteiger partial charge on any atom is 0.124 e. The molecule has 1 fully saturated rings. The monoisotopic (exact) mass is 286 g/mol. The van der Waals surface area contributed by atoms with E-state index in [1.807, 2.05) is 6.07 Å². The van der Waals surface area contributed by atoms with Crippen LogP contribution in [0.4, 0.5) is 4.39 Å². The van der Waals surface area contributed by atoms with E-state index in [0.29, 0.717) is 6.04 Å². The Morgan fingerprint density at radius 2 is 2.00 bits per heavy atom. The fraction of sp³-hybridized carbons (Fsp3) is 0.500. The van der Waals surface area contributed by atoms with E-state index >= 15 is 0 Å². The Morgan fingerprint density at radius 3 is 2.62 bits per heavy atom. The lowest BCUT2D eigenvalue weighted by Gasteiger charge is -2.30. The van der Waals surface area contributed by atoms with Gasteiger partial charge >= 0.3 is 0 Å². The van der Waals surface area contributed by atoms with E-state index < -0.39 is 0 Å². The Kier molecular flexibility index (Phi) is 3.95. The summed E-state index contributed by atoms with van der Waals surface area (Å²) in [5, 5.41) is 0. The first-order valence-electron chi connectivity index (χ1n) is 5.56. The summed E-state index contributed by atoms with van der Waals surface area (Å²) in [6, 6.07) is 5.39. The number of benzene rings is 1. The molecule has 1 heterocycles. The molecule has 0 atom stereocenters. The lowest BCUT2D eigenvalue weighted by Crippen LogP contribution is -2.39. The average molecular weight is 287 g/mol. The van der Waals surface area contributed by atoms with Crippen molar-refractivity contribution in [3.63, 3.8) is 0 Å². The molecule has 0 aromatic heterocycles. The molecular formula is C12H16BrFN2. The van der Waals surface area contributed by atoms with Crippen LogP contribution in [0.2, 0.25) is 0 Å². The van der Waals surface area contributed by atoms with Crippen LogP contribution in [0.25, 0.3) is 0 Å². The number of hydrogen-bond acceptors (Lipinski definition) is 2. The van der Waals surface area contributed by atoms with Gasteiger partial charge in [0, 0.05) is 17.1 Å². The standard InChI is InChI=1S/C12H16BrFN2/c13-10-5-9(6-11(14)7-10)8-16-3-1-12(15)2-4-16/h5-7,12H,1-4,8,15H2. The zero-order valence-electron chi connectivity index (χ0n) is 9.13. The second-order valence-corrected chi connectivity index (χ2v) is 5.31. The van der Waals surface area contributed by atoms with Crippen molar-refractivity contribution in [1.82, 2.24) is 4.90 Å². The molecule has 2 N–H and O–H groups in total. The first-order valence-corrected chi connectivity index (χ1v) is 6.36. The number of halogens is 2. The van der Waals surface area contributed by atoms with E-state index in [-0.39, 0.29) is 5.82 Å². The van der Waals surface area contributed by atoms with E-state index in [2.05, 4.69) is 20.8 Å². The molecule has 2 nitrogen and oxygen atoms in total. The second-order valence-electron chi connectivity index (χ2n) is 4.39. The molecule has 1 aromatic rings. The van der Waals surface area contributed by atoms with Gasteiger partial charge in [0.1, 0.15) is 5.82 Å². The maximum atomic E-state index is 13.2. The minimum absolute atomic E-state index is 0.182. The van der Waals surface area contributed by atoms with Crippen molar-refractivity contribution in [1.29, 1.82) is 0 Å². The summed E-state index contributed by atoms with van der Waals surface area (Å²) >= 11 is 3.31. The van der Waals surface area contributed by atoms with E-state index in [1.54, 1.807) is 6.07 Å². The number of rotatable bonds is 2. The largest absolute Gasteiger partial charge is 0.328 e. The van der Waals surface area contributed by atoms with E-state index in [1.165, 1.54) is 6.07 Å². The lowest BCUT2D eigenvalue weighted by molar-refractivity contribution is 0.205. The molecule has 0 aliphatic carbocycles. The maximum absolute atomic E-state index is 13.2. The fourth-order valence-corrected chi connectivity index (χ4v) is 2.58. The summed E-state index contributed by atoms with van der Waals surface area (Å²) in [4.78, 5) is 2.32. The highest BCUT2D eigenvalue weighted by Crippen LogP contribution is 2.18. The summed E-state index contributed by atoms with van der Waals surface area (Å²) < 4.78 is 14.0. The third kappa shape index (κ3) is 3.27. The first kappa shape index (κ1) is 12.0. The molecule has 1 aliphatic heterocycles. The van der Waals surface area contributed by atoms with E-state index in [9.17, 15) is 4.39 Å². The minimum Gasteiger partial charge on any atom is -0.328 e. The molecule has 0 saturated carbocycles. The molecule has 0 spiro atoms. The van der Waals surface area contributed by atoms with Crippen molar-refractivity contribution >= 4 is 15.9 Å². The van der Waals surface area contributed by atoms with Gasteiger partial charge in [0.2, 0.25) is 0 Å². The molecule has 2 rings (SSSR count). The van der Waals surface area contributed by atoms with Gasteiger partial charge in [-0.3, -0.25) is 4.90 Å². The molecule has 1 aromatic carbocycles. The van der Waals surface area contributed by atoms with E-state index in [4.69, 9.17) is 5.73 Å². The van der Waals surface area contributed by atoms with Crippen LogP contribution < -0.4 is 5.73 Å². The third-order valence-electron chi connectivity index (χ3n) is 2.96. The van der Waals surface area contributed by atoms with Crippen LogP contribution in [0.15, 0.2) is 22.7 Å². The first-order chi connectivity index (χ1) is 7.63. The zero-order chi connectivity index (χ0) is 11.5. The Balaban J connectivity index is 1.98. The van der Waals surface area contributed by atoms with Crippen LogP contribution in [0.1, 0.15) is 18.4 Å².